The minimum atomic E-state index is -0.0242. The maximum atomic E-state index is 11.9. The Balaban J connectivity index is 1.37. The Morgan fingerprint density at radius 1 is 1.38 bits per heavy atom. The average Bonchev–Trinajstić information content (AvgIpc) is 3.20. The number of hydrogen-bond acceptors (Lipinski definition) is 8. The van der Waals surface area contributed by atoms with E-state index in [0.717, 1.165) is 48.5 Å². The molecule has 0 aliphatic carbocycles. The van der Waals surface area contributed by atoms with Crippen LogP contribution in [0.2, 0.25) is 0 Å². The maximum Gasteiger partial charge on any atom is 0.230 e. The second-order valence-corrected chi connectivity index (χ2v) is 7.78. The van der Waals surface area contributed by atoms with E-state index in [1.54, 1.807) is 5.51 Å². The zero-order chi connectivity index (χ0) is 18.0. The number of aromatic nitrogens is 2. The predicted molar refractivity (Wildman–Crippen MR) is 102 cm³/mol. The van der Waals surface area contributed by atoms with Gasteiger partial charge in [0.2, 0.25) is 5.91 Å². The lowest BCUT2D eigenvalue weighted by Gasteiger charge is -2.26. The predicted octanol–water partition coefficient (Wildman–Crippen LogP) is 1.66. The molecule has 0 radical (unpaired) electrons. The molecule has 140 valence electrons. The molecule has 9 heteroatoms. The number of carbonyl (C=O) groups is 1. The summed E-state index contributed by atoms with van der Waals surface area (Å²) in [5, 5.41) is 10.6. The van der Waals surface area contributed by atoms with Gasteiger partial charge in [0.25, 0.3) is 0 Å². The van der Waals surface area contributed by atoms with E-state index in [4.69, 9.17) is 9.47 Å². The Hall–Kier alpha value is -1.68. The molecule has 7 nitrogen and oxygen atoms in total. The number of benzene rings is 1. The van der Waals surface area contributed by atoms with Gasteiger partial charge >= 0.3 is 0 Å². The van der Waals surface area contributed by atoms with Crippen LogP contribution in [-0.2, 0) is 16.1 Å². The summed E-state index contributed by atoms with van der Waals surface area (Å²) in [6.07, 6.45) is 0. The molecule has 1 amide bonds. The van der Waals surface area contributed by atoms with Crippen LogP contribution in [0.25, 0.3) is 0 Å². The lowest BCUT2D eigenvalue weighted by Crippen LogP contribution is -2.38. The van der Waals surface area contributed by atoms with E-state index in [1.165, 1.54) is 23.1 Å². The molecule has 1 aromatic heterocycles. The topological polar surface area (TPSA) is 76.6 Å². The Bertz CT molecular complexity index is 678. The summed E-state index contributed by atoms with van der Waals surface area (Å²) in [5.41, 5.74) is 2.67. The Labute approximate surface area is 161 Å². The normalized spacial score (nSPS) is 14.9. The van der Waals surface area contributed by atoms with Gasteiger partial charge in [0, 0.05) is 26.2 Å². The molecular formula is C17H22N4O3S2. The zero-order valence-corrected chi connectivity index (χ0v) is 16.1. The van der Waals surface area contributed by atoms with E-state index >= 15 is 0 Å². The SMILES string of the molecule is O=C(CSc1nncs1)NCc1cccc(OCCN2CCOCC2)c1. The molecule has 26 heavy (non-hydrogen) atoms. The standard InChI is InChI=1S/C17H22N4O3S2/c22-16(12-25-17-20-19-13-26-17)18-11-14-2-1-3-15(10-14)24-9-6-21-4-7-23-8-5-21/h1-3,10,13H,4-9,11-12H2,(H,18,22). The molecule has 0 unspecified atom stereocenters. The van der Waals surface area contributed by atoms with Crippen LogP contribution in [0.3, 0.4) is 0 Å². The minimum Gasteiger partial charge on any atom is -0.492 e. The molecule has 1 N–H and O–H groups in total. The molecule has 0 spiro atoms. The van der Waals surface area contributed by atoms with Crippen LogP contribution < -0.4 is 10.1 Å². The first-order chi connectivity index (χ1) is 12.8. The number of hydrogen-bond donors (Lipinski definition) is 1. The summed E-state index contributed by atoms with van der Waals surface area (Å²) in [7, 11) is 0. The summed E-state index contributed by atoms with van der Waals surface area (Å²) in [4.78, 5) is 14.3. The van der Waals surface area contributed by atoms with Crippen LogP contribution in [0.4, 0.5) is 0 Å². The van der Waals surface area contributed by atoms with Crippen molar-refractivity contribution in [1.82, 2.24) is 20.4 Å². The second-order valence-electron chi connectivity index (χ2n) is 5.72. The van der Waals surface area contributed by atoms with Crippen molar-refractivity contribution in [3.8, 4) is 5.75 Å². The molecule has 1 saturated heterocycles. The third kappa shape index (κ3) is 6.56. The van der Waals surface area contributed by atoms with Gasteiger partial charge in [0.05, 0.1) is 19.0 Å². The number of amides is 1. The van der Waals surface area contributed by atoms with Crippen LogP contribution in [0.15, 0.2) is 34.1 Å². The van der Waals surface area contributed by atoms with Gasteiger partial charge in [-0.25, -0.2) is 0 Å². The Morgan fingerprint density at radius 3 is 3.08 bits per heavy atom. The van der Waals surface area contributed by atoms with E-state index in [2.05, 4.69) is 20.4 Å². The quantitative estimate of drug-likeness (QED) is 0.648. The van der Waals surface area contributed by atoms with Crippen LogP contribution in [0.5, 0.6) is 5.75 Å². The fraction of sp³-hybridized carbons (Fsp3) is 0.471. The van der Waals surface area contributed by atoms with Gasteiger partial charge in [-0.3, -0.25) is 9.69 Å². The first-order valence-electron chi connectivity index (χ1n) is 8.47. The number of nitrogens with zero attached hydrogens (tertiary/aromatic N) is 3. The first kappa shape index (κ1) is 19.1. The summed E-state index contributed by atoms with van der Waals surface area (Å²) in [5.74, 6) is 1.14. The molecule has 1 aliphatic heterocycles. The number of nitrogens with one attached hydrogen (secondary N) is 1. The zero-order valence-electron chi connectivity index (χ0n) is 14.4. The molecule has 2 aromatic rings. The van der Waals surface area contributed by atoms with Crippen LogP contribution >= 0.6 is 23.1 Å². The first-order valence-corrected chi connectivity index (χ1v) is 10.3. The van der Waals surface area contributed by atoms with E-state index in [0.29, 0.717) is 18.9 Å². The number of ether oxygens (including phenoxy) is 2. The lowest BCUT2D eigenvalue weighted by atomic mass is 10.2. The number of carbonyl (C=O) groups excluding carboxylic acids is 1. The fourth-order valence-corrected chi connectivity index (χ4v) is 3.79. The molecule has 1 aliphatic rings. The minimum absolute atomic E-state index is 0.0242. The van der Waals surface area contributed by atoms with Crippen LogP contribution in [-0.4, -0.2) is 66.2 Å². The molecule has 1 aromatic carbocycles. The van der Waals surface area contributed by atoms with Gasteiger partial charge in [0.15, 0.2) is 4.34 Å². The van der Waals surface area contributed by atoms with Crippen molar-refractivity contribution in [3.63, 3.8) is 0 Å². The summed E-state index contributed by atoms with van der Waals surface area (Å²) in [6.45, 7) is 5.55. The molecular weight excluding hydrogens is 372 g/mol. The summed E-state index contributed by atoms with van der Waals surface area (Å²) < 4.78 is 12.0. The third-order valence-electron chi connectivity index (χ3n) is 3.83. The smallest absolute Gasteiger partial charge is 0.230 e. The number of rotatable bonds is 9. The highest BCUT2D eigenvalue weighted by atomic mass is 32.2. The van der Waals surface area contributed by atoms with Crippen molar-refractivity contribution in [1.29, 1.82) is 0 Å². The van der Waals surface area contributed by atoms with E-state index < -0.39 is 0 Å². The molecule has 0 saturated carbocycles. The van der Waals surface area contributed by atoms with Crippen molar-refractivity contribution in [2.24, 2.45) is 0 Å². The highest BCUT2D eigenvalue weighted by Gasteiger charge is 2.10. The molecule has 3 rings (SSSR count). The molecule has 0 bridgehead atoms. The Kier molecular flexibility index (Phi) is 7.68. The monoisotopic (exact) mass is 394 g/mol. The maximum absolute atomic E-state index is 11.9. The van der Waals surface area contributed by atoms with Crippen molar-refractivity contribution >= 4 is 29.0 Å². The van der Waals surface area contributed by atoms with E-state index in [1.807, 2.05) is 24.3 Å². The van der Waals surface area contributed by atoms with Crippen LogP contribution in [0.1, 0.15) is 5.56 Å². The van der Waals surface area contributed by atoms with Gasteiger partial charge in [-0.15, -0.1) is 10.2 Å². The van der Waals surface area contributed by atoms with Crippen molar-refractivity contribution in [2.45, 2.75) is 10.9 Å². The summed E-state index contributed by atoms with van der Waals surface area (Å²) in [6, 6.07) is 7.84. The summed E-state index contributed by atoms with van der Waals surface area (Å²) >= 11 is 2.83. The van der Waals surface area contributed by atoms with E-state index in [-0.39, 0.29) is 5.91 Å². The lowest BCUT2D eigenvalue weighted by molar-refractivity contribution is -0.118. The van der Waals surface area contributed by atoms with Crippen molar-refractivity contribution < 1.29 is 14.3 Å². The fourth-order valence-electron chi connectivity index (χ4n) is 2.47. The second kappa shape index (κ2) is 10.5. The van der Waals surface area contributed by atoms with Crippen molar-refractivity contribution in [2.75, 3.05) is 45.2 Å². The Morgan fingerprint density at radius 2 is 2.27 bits per heavy atom. The molecule has 1 fully saturated rings. The van der Waals surface area contributed by atoms with Gasteiger partial charge in [0.1, 0.15) is 17.9 Å². The van der Waals surface area contributed by atoms with Crippen LogP contribution in [0, 0.1) is 0 Å². The van der Waals surface area contributed by atoms with Gasteiger partial charge < -0.3 is 14.8 Å². The molecule has 0 atom stereocenters. The highest BCUT2D eigenvalue weighted by Crippen LogP contribution is 2.18. The third-order valence-corrected chi connectivity index (χ3v) is 5.70. The number of thioether (sulfide) groups is 1. The average molecular weight is 395 g/mol. The highest BCUT2D eigenvalue weighted by molar-refractivity contribution is 8.01. The van der Waals surface area contributed by atoms with Gasteiger partial charge in [-0.1, -0.05) is 35.2 Å². The van der Waals surface area contributed by atoms with E-state index in [9.17, 15) is 4.79 Å². The van der Waals surface area contributed by atoms with Crippen molar-refractivity contribution in [3.05, 3.63) is 35.3 Å². The number of morpholine rings is 1. The van der Waals surface area contributed by atoms with Gasteiger partial charge in [-0.05, 0) is 17.7 Å². The largest absolute Gasteiger partial charge is 0.492 e. The van der Waals surface area contributed by atoms with Gasteiger partial charge in [-0.2, -0.15) is 0 Å². The molecule has 2 heterocycles.